The first-order chi connectivity index (χ1) is 8.16. The van der Waals surface area contributed by atoms with Gasteiger partial charge < -0.3 is 14.8 Å². The molecule has 1 aliphatic heterocycles. The first-order valence-electron chi connectivity index (χ1n) is 6.16. The molecule has 6 heteroatoms. The van der Waals surface area contributed by atoms with Crippen molar-refractivity contribution in [2.45, 2.75) is 26.9 Å². The van der Waals surface area contributed by atoms with Crippen molar-refractivity contribution in [3.63, 3.8) is 0 Å². The summed E-state index contributed by atoms with van der Waals surface area (Å²) in [7, 11) is 2.05. The van der Waals surface area contributed by atoms with Crippen LogP contribution in [0.2, 0.25) is 0 Å². The molecule has 1 aromatic rings. The van der Waals surface area contributed by atoms with E-state index in [0.29, 0.717) is 5.92 Å². The third-order valence-corrected chi connectivity index (χ3v) is 2.83. The van der Waals surface area contributed by atoms with Crippen LogP contribution in [0.15, 0.2) is 17.4 Å². The molecular formula is C12H22IN5. The van der Waals surface area contributed by atoms with Crippen LogP contribution < -0.4 is 5.32 Å². The Kier molecular flexibility index (Phi) is 5.90. The number of nitrogens with one attached hydrogen (secondary N) is 1. The predicted molar refractivity (Wildman–Crippen MR) is 84.3 cm³/mol. The number of imidazole rings is 1. The zero-order valence-electron chi connectivity index (χ0n) is 11.3. The number of nitrogens with zero attached hydrogens (tertiary/aromatic N) is 4. The lowest BCUT2D eigenvalue weighted by Gasteiger charge is -2.16. The van der Waals surface area contributed by atoms with Crippen LogP contribution in [0.3, 0.4) is 0 Å². The number of rotatable bonds is 4. The van der Waals surface area contributed by atoms with Crippen LogP contribution in [-0.4, -0.2) is 40.5 Å². The second-order valence-corrected chi connectivity index (χ2v) is 4.87. The molecule has 0 saturated carbocycles. The fourth-order valence-electron chi connectivity index (χ4n) is 1.95. The molecule has 1 aromatic heterocycles. The maximum absolute atomic E-state index is 4.40. The monoisotopic (exact) mass is 363 g/mol. The number of halogens is 1. The van der Waals surface area contributed by atoms with Gasteiger partial charge in [-0.15, -0.1) is 24.0 Å². The lowest BCUT2D eigenvalue weighted by atomic mass is 10.2. The number of likely N-dealkylation sites (N-methyl/N-ethyl adjacent to an activating group) is 1. The highest BCUT2D eigenvalue weighted by molar-refractivity contribution is 14.0. The Hall–Kier alpha value is -0.790. The van der Waals surface area contributed by atoms with Gasteiger partial charge in [-0.3, -0.25) is 4.99 Å². The zero-order chi connectivity index (χ0) is 12.3. The van der Waals surface area contributed by atoms with Crippen molar-refractivity contribution < 1.29 is 0 Å². The lowest BCUT2D eigenvalue weighted by Crippen LogP contribution is -2.35. The minimum atomic E-state index is 0. The van der Waals surface area contributed by atoms with Crippen molar-refractivity contribution in [1.29, 1.82) is 0 Å². The minimum Gasteiger partial charge on any atom is -0.349 e. The van der Waals surface area contributed by atoms with Crippen LogP contribution in [0.4, 0.5) is 0 Å². The molecule has 1 N–H and O–H groups in total. The molecule has 0 amide bonds. The molecule has 0 saturated heterocycles. The Balaban J connectivity index is 0.00000162. The molecule has 2 rings (SSSR count). The van der Waals surface area contributed by atoms with Gasteiger partial charge in [-0.2, -0.15) is 0 Å². The van der Waals surface area contributed by atoms with Crippen LogP contribution in [-0.2, 0) is 13.1 Å². The van der Waals surface area contributed by atoms with Crippen LogP contribution in [0.5, 0.6) is 0 Å². The first kappa shape index (κ1) is 15.3. The molecule has 0 spiro atoms. The smallest absolute Gasteiger partial charge is 0.194 e. The third-order valence-electron chi connectivity index (χ3n) is 2.83. The largest absolute Gasteiger partial charge is 0.349 e. The molecule has 0 unspecified atom stereocenters. The summed E-state index contributed by atoms with van der Waals surface area (Å²) in [5, 5.41) is 3.34. The van der Waals surface area contributed by atoms with Crippen molar-refractivity contribution in [2.75, 3.05) is 20.1 Å². The SMILES string of the molecule is CC(C)Cn1ccnc1CNC1=NCCN1C.I. The molecule has 0 atom stereocenters. The Bertz CT molecular complexity index is 399. The van der Waals surface area contributed by atoms with Crippen LogP contribution in [0.1, 0.15) is 19.7 Å². The van der Waals surface area contributed by atoms with E-state index in [1.807, 2.05) is 12.4 Å². The van der Waals surface area contributed by atoms with Crippen molar-refractivity contribution >= 4 is 29.9 Å². The zero-order valence-corrected chi connectivity index (χ0v) is 13.6. The minimum absolute atomic E-state index is 0. The second-order valence-electron chi connectivity index (χ2n) is 4.87. The van der Waals surface area contributed by atoms with E-state index in [4.69, 9.17) is 0 Å². The highest BCUT2D eigenvalue weighted by atomic mass is 127. The molecule has 5 nitrogen and oxygen atoms in total. The molecule has 1 aliphatic rings. The van der Waals surface area contributed by atoms with E-state index in [0.717, 1.165) is 38.0 Å². The van der Waals surface area contributed by atoms with Crippen LogP contribution >= 0.6 is 24.0 Å². The first-order valence-corrected chi connectivity index (χ1v) is 6.16. The van der Waals surface area contributed by atoms with Gasteiger partial charge in [0.25, 0.3) is 0 Å². The van der Waals surface area contributed by atoms with Crippen molar-refractivity contribution in [1.82, 2.24) is 19.8 Å². The molecular weight excluding hydrogens is 341 g/mol. The molecule has 0 bridgehead atoms. The highest BCUT2D eigenvalue weighted by Crippen LogP contribution is 2.04. The van der Waals surface area contributed by atoms with Gasteiger partial charge in [0.2, 0.25) is 0 Å². The van der Waals surface area contributed by atoms with Crippen LogP contribution in [0.25, 0.3) is 0 Å². The molecule has 0 radical (unpaired) electrons. The molecule has 0 aromatic carbocycles. The third kappa shape index (κ3) is 3.86. The summed E-state index contributed by atoms with van der Waals surface area (Å²) in [5.74, 6) is 2.68. The van der Waals surface area contributed by atoms with Gasteiger partial charge in [0.05, 0.1) is 13.1 Å². The normalized spacial score (nSPS) is 14.7. The van der Waals surface area contributed by atoms with Gasteiger partial charge in [0.1, 0.15) is 5.82 Å². The molecule has 102 valence electrons. The maximum Gasteiger partial charge on any atom is 0.194 e. The summed E-state index contributed by atoms with van der Waals surface area (Å²) >= 11 is 0. The van der Waals surface area contributed by atoms with Gasteiger partial charge in [0, 0.05) is 32.5 Å². The lowest BCUT2D eigenvalue weighted by molar-refractivity contribution is 0.497. The van der Waals surface area contributed by atoms with E-state index in [9.17, 15) is 0 Å². The number of hydrogen-bond donors (Lipinski definition) is 1. The van der Waals surface area contributed by atoms with Gasteiger partial charge >= 0.3 is 0 Å². The van der Waals surface area contributed by atoms with E-state index in [1.54, 1.807) is 0 Å². The Labute approximate surface area is 126 Å². The summed E-state index contributed by atoms with van der Waals surface area (Å²) in [6.45, 7) is 8.07. The molecule has 18 heavy (non-hydrogen) atoms. The summed E-state index contributed by atoms with van der Waals surface area (Å²) in [4.78, 5) is 10.9. The second kappa shape index (κ2) is 6.96. The predicted octanol–water partition coefficient (Wildman–Crippen LogP) is 1.55. The number of guanidine groups is 1. The van der Waals surface area contributed by atoms with Gasteiger partial charge in [-0.1, -0.05) is 13.8 Å². The fourth-order valence-corrected chi connectivity index (χ4v) is 1.95. The number of aliphatic imine (C=N–C) groups is 1. The number of aromatic nitrogens is 2. The molecule has 0 aliphatic carbocycles. The Morgan fingerprint density at radius 1 is 1.44 bits per heavy atom. The van der Waals surface area contributed by atoms with E-state index in [1.165, 1.54) is 0 Å². The quantitative estimate of drug-likeness (QED) is 0.826. The average Bonchev–Trinajstić information content (AvgIpc) is 2.84. The Morgan fingerprint density at radius 3 is 2.83 bits per heavy atom. The summed E-state index contributed by atoms with van der Waals surface area (Å²) in [6, 6.07) is 0. The Morgan fingerprint density at radius 2 is 2.22 bits per heavy atom. The summed E-state index contributed by atoms with van der Waals surface area (Å²) < 4.78 is 2.20. The highest BCUT2D eigenvalue weighted by Gasteiger charge is 2.12. The van der Waals surface area contributed by atoms with E-state index < -0.39 is 0 Å². The average molecular weight is 363 g/mol. The molecule has 0 fully saturated rings. The summed E-state index contributed by atoms with van der Waals surface area (Å²) in [6.07, 6.45) is 3.90. The van der Waals surface area contributed by atoms with E-state index in [-0.39, 0.29) is 24.0 Å². The van der Waals surface area contributed by atoms with Gasteiger partial charge in [-0.05, 0) is 5.92 Å². The van der Waals surface area contributed by atoms with Gasteiger partial charge in [-0.25, -0.2) is 4.98 Å². The fraction of sp³-hybridized carbons (Fsp3) is 0.667. The maximum atomic E-state index is 4.40. The molecule has 2 heterocycles. The van der Waals surface area contributed by atoms with Crippen molar-refractivity contribution in [2.24, 2.45) is 10.9 Å². The van der Waals surface area contributed by atoms with Crippen molar-refractivity contribution in [3.05, 3.63) is 18.2 Å². The van der Waals surface area contributed by atoms with E-state index in [2.05, 4.69) is 45.7 Å². The number of hydrogen-bond acceptors (Lipinski definition) is 4. The van der Waals surface area contributed by atoms with E-state index >= 15 is 0 Å². The van der Waals surface area contributed by atoms with Crippen LogP contribution in [0, 0.1) is 5.92 Å². The standard InChI is InChI=1S/C12H21N5.HI/c1-10(2)9-17-7-5-13-11(17)8-15-12-14-4-6-16(12)3;/h5,7,10H,4,6,8-9H2,1-3H3,(H,14,15);1H. The van der Waals surface area contributed by atoms with Crippen molar-refractivity contribution in [3.8, 4) is 0 Å². The summed E-state index contributed by atoms with van der Waals surface area (Å²) in [5.41, 5.74) is 0. The topological polar surface area (TPSA) is 45.5 Å². The van der Waals surface area contributed by atoms with Gasteiger partial charge in [0.15, 0.2) is 5.96 Å².